The minimum absolute atomic E-state index is 0.448. The van der Waals surface area contributed by atoms with Gasteiger partial charge in [0.25, 0.3) is 0 Å². The summed E-state index contributed by atoms with van der Waals surface area (Å²) in [6, 6.07) is 12.3. The fourth-order valence-corrected chi connectivity index (χ4v) is 3.31. The highest BCUT2D eigenvalue weighted by Crippen LogP contribution is 2.32. The summed E-state index contributed by atoms with van der Waals surface area (Å²) in [7, 11) is 0. The van der Waals surface area contributed by atoms with Crippen molar-refractivity contribution < 1.29 is 4.74 Å². The molecule has 0 amide bonds. The van der Waals surface area contributed by atoms with E-state index >= 15 is 0 Å². The molecule has 1 unspecified atom stereocenters. The molecule has 0 N–H and O–H groups in total. The third-order valence-corrected chi connectivity index (χ3v) is 4.93. The van der Waals surface area contributed by atoms with Crippen LogP contribution in [0.4, 0.5) is 0 Å². The highest BCUT2D eigenvalue weighted by atomic mass is 16.5. The minimum atomic E-state index is -0.478. The van der Waals surface area contributed by atoms with Gasteiger partial charge in [-0.3, -0.25) is 0 Å². The lowest BCUT2D eigenvalue weighted by Gasteiger charge is -2.18. The van der Waals surface area contributed by atoms with Crippen molar-refractivity contribution in [1.29, 1.82) is 10.5 Å². The molecule has 5 heterocycles. The Hall–Kier alpha value is -3.68. The molecule has 1 atom stereocenters. The summed E-state index contributed by atoms with van der Waals surface area (Å²) >= 11 is 0. The molecular weight excluding hydrogens is 352 g/mol. The maximum absolute atomic E-state index is 9.34. The highest BCUT2D eigenvalue weighted by Gasteiger charge is 2.37. The molecule has 1 aliphatic rings. The van der Waals surface area contributed by atoms with E-state index in [1.165, 1.54) is 0 Å². The Morgan fingerprint density at radius 2 is 1.71 bits per heavy atom. The van der Waals surface area contributed by atoms with Gasteiger partial charge >= 0.3 is 0 Å². The number of nitrogens with zero attached hydrogens (tertiary/aromatic N) is 6. The molecule has 7 heteroatoms. The van der Waals surface area contributed by atoms with E-state index in [0.29, 0.717) is 19.6 Å². The number of fused-ring (bicyclic) bond motifs is 2. The van der Waals surface area contributed by atoms with Crippen molar-refractivity contribution >= 4 is 11.3 Å². The molecule has 138 valence electrons. The van der Waals surface area contributed by atoms with Crippen LogP contribution in [0.5, 0.6) is 0 Å². The van der Waals surface area contributed by atoms with E-state index in [-0.39, 0.29) is 0 Å². The lowest BCUT2D eigenvalue weighted by Crippen LogP contribution is -2.24. The van der Waals surface area contributed by atoms with Crippen LogP contribution in [0, 0.1) is 22.7 Å². The molecule has 28 heavy (non-hydrogen) atoms. The summed E-state index contributed by atoms with van der Waals surface area (Å²) in [6.45, 7) is 1.15. The van der Waals surface area contributed by atoms with Crippen LogP contribution in [0.1, 0.15) is 17.5 Å². The number of imidazole rings is 2. The molecule has 1 aliphatic heterocycles. The van der Waals surface area contributed by atoms with Gasteiger partial charge in [0.2, 0.25) is 0 Å². The maximum atomic E-state index is 9.34. The summed E-state index contributed by atoms with van der Waals surface area (Å²) in [5, 5.41) is 17.8. The number of pyridine rings is 2. The lowest BCUT2D eigenvalue weighted by molar-refractivity contribution is 0.186. The first-order chi connectivity index (χ1) is 13.7. The average molecular weight is 370 g/mol. The first-order valence-corrected chi connectivity index (χ1v) is 8.95. The third-order valence-electron chi connectivity index (χ3n) is 4.93. The molecule has 5 rings (SSSR count). The Morgan fingerprint density at radius 1 is 1.00 bits per heavy atom. The maximum Gasteiger partial charge on any atom is 0.136 e. The smallest absolute Gasteiger partial charge is 0.136 e. The van der Waals surface area contributed by atoms with Gasteiger partial charge in [-0.15, -0.1) is 0 Å². The summed E-state index contributed by atoms with van der Waals surface area (Å²) in [5.74, 6) is 0. The molecular formula is C21H18N6O. The molecule has 0 aromatic carbocycles. The Morgan fingerprint density at radius 3 is 2.36 bits per heavy atom. The fourth-order valence-electron chi connectivity index (χ4n) is 3.31. The molecule has 0 spiro atoms. The second-order valence-electron chi connectivity index (χ2n) is 6.67. The number of nitriles is 2. The van der Waals surface area contributed by atoms with Gasteiger partial charge in [-0.2, -0.15) is 10.5 Å². The molecule has 0 aliphatic carbocycles. The van der Waals surface area contributed by atoms with Gasteiger partial charge in [0.1, 0.15) is 16.7 Å². The van der Waals surface area contributed by atoms with E-state index in [9.17, 15) is 5.26 Å². The summed E-state index contributed by atoms with van der Waals surface area (Å²) < 4.78 is 9.20. The van der Waals surface area contributed by atoms with Crippen molar-refractivity contribution in [2.45, 2.75) is 18.3 Å². The van der Waals surface area contributed by atoms with Crippen LogP contribution in [0.3, 0.4) is 0 Å². The van der Waals surface area contributed by atoms with Crippen molar-refractivity contribution in [3.05, 3.63) is 72.6 Å². The quantitative estimate of drug-likeness (QED) is 0.541. The van der Waals surface area contributed by atoms with Crippen LogP contribution in [-0.4, -0.2) is 32.0 Å². The second kappa shape index (κ2) is 7.51. The zero-order valence-corrected chi connectivity index (χ0v) is 15.2. The van der Waals surface area contributed by atoms with E-state index in [1.807, 2.05) is 57.9 Å². The molecule has 4 aromatic heterocycles. The summed E-state index contributed by atoms with van der Waals surface area (Å²) in [5.41, 5.74) is 3.30. The molecule has 0 saturated carbocycles. The molecule has 4 aromatic rings. The zero-order valence-electron chi connectivity index (χ0n) is 15.2. The van der Waals surface area contributed by atoms with Gasteiger partial charge < -0.3 is 13.5 Å². The predicted molar refractivity (Wildman–Crippen MR) is 102 cm³/mol. The van der Waals surface area contributed by atoms with Gasteiger partial charge in [-0.25, -0.2) is 9.97 Å². The van der Waals surface area contributed by atoms with Crippen molar-refractivity contribution in [2.75, 3.05) is 13.2 Å². The number of rotatable bonds is 2. The first-order valence-electron chi connectivity index (χ1n) is 8.95. The van der Waals surface area contributed by atoms with E-state index in [1.54, 1.807) is 12.4 Å². The van der Waals surface area contributed by atoms with Crippen LogP contribution >= 0.6 is 0 Å². The largest absolute Gasteiger partial charge is 0.379 e. The number of hydrogen-bond donors (Lipinski definition) is 0. The monoisotopic (exact) mass is 370 g/mol. The topological polar surface area (TPSA) is 91.4 Å². The molecule has 0 radical (unpaired) electrons. The van der Waals surface area contributed by atoms with Crippen molar-refractivity contribution in [2.24, 2.45) is 0 Å². The minimum Gasteiger partial charge on any atom is -0.379 e. The third kappa shape index (κ3) is 3.32. The normalized spacial score (nSPS) is 18.4. The van der Waals surface area contributed by atoms with Gasteiger partial charge in [0.15, 0.2) is 0 Å². The summed E-state index contributed by atoms with van der Waals surface area (Å²) in [4.78, 5) is 8.34. The van der Waals surface area contributed by atoms with Crippen molar-refractivity contribution in [3.63, 3.8) is 0 Å². The van der Waals surface area contributed by atoms with Crippen molar-refractivity contribution in [1.82, 2.24) is 18.8 Å². The molecule has 1 saturated heterocycles. The van der Waals surface area contributed by atoms with Crippen LogP contribution in [0.15, 0.2) is 61.4 Å². The highest BCUT2D eigenvalue weighted by molar-refractivity contribution is 5.46. The number of ether oxygens (including phenoxy) is 1. The van der Waals surface area contributed by atoms with Crippen LogP contribution in [-0.2, 0) is 16.6 Å². The van der Waals surface area contributed by atoms with Crippen LogP contribution in [0.2, 0.25) is 0 Å². The fraction of sp³-hybridized carbons (Fsp3) is 0.238. The lowest BCUT2D eigenvalue weighted by atomic mass is 9.82. The van der Waals surface area contributed by atoms with Crippen LogP contribution < -0.4 is 0 Å². The van der Waals surface area contributed by atoms with Crippen LogP contribution in [0.25, 0.3) is 11.3 Å². The Kier molecular flexibility index (Phi) is 4.76. The van der Waals surface area contributed by atoms with Gasteiger partial charge in [0.05, 0.1) is 25.2 Å². The number of hydrogen-bond acceptors (Lipinski definition) is 5. The SMILES string of the molecule is N#CC1(c2ccn3ccnc3c2)CCOC1.N#CCc1ccn2ccnc2c1. The zero-order chi connectivity index (χ0) is 19.4. The van der Waals surface area contributed by atoms with Crippen molar-refractivity contribution in [3.8, 4) is 12.1 Å². The van der Waals surface area contributed by atoms with E-state index in [2.05, 4.69) is 22.1 Å². The van der Waals surface area contributed by atoms with Gasteiger partial charge in [-0.05, 0) is 41.8 Å². The predicted octanol–water partition coefficient (Wildman–Crippen LogP) is 2.92. The Balaban J connectivity index is 0.000000143. The standard InChI is InChI=1S/C12H11N3O.C9H7N3/c13-8-12(2-6-16-9-12)10-1-4-15-5-3-14-11(15)7-10;10-3-1-8-2-5-12-6-4-11-9(12)7-8/h1,3-5,7H,2,6,9H2;2,4-7H,1H2. The molecule has 1 fully saturated rings. The Bertz CT molecular complexity index is 1190. The van der Waals surface area contributed by atoms with E-state index < -0.39 is 5.41 Å². The number of aromatic nitrogens is 4. The molecule has 0 bridgehead atoms. The second-order valence-corrected chi connectivity index (χ2v) is 6.67. The van der Waals surface area contributed by atoms with Gasteiger partial charge in [0, 0.05) is 43.8 Å². The average Bonchev–Trinajstić information content (AvgIpc) is 3.47. The van der Waals surface area contributed by atoms with E-state index in [4.69, 9.17) is 10.00 Å². The molecule has 7 nitrogen and oxygen atoms in total. The van der Waals surface area contributed by atoms with E-state index in [0.717, 1.165) is 28.8 Å². The summed E-state index contributed by atoms with van der Waals surface area (Å²) in [6.07, 6.45) is 12.3. The van der Waals surface area contributed by atoms with Gasteiger partial charge in [-0.1, -0.05) is 0 Å². The Labute approximate surface area is 162 Å². The first kappa shape index (κ1) is 17.7.